The molecule has 4 rings (SSSR count). The predicted octanol–water partition coefficient (Wildman–Crippen LogP) is 3.72. The lowest BCUT2D eigenvalue weighted by Gasteiger charge is -2.30. The summed E-state index contributed by atoms with van der Waals surface area (Å²) < 4.78 is 43.8. The van der Waals surface area contributed by atoms with Gasteiger partial charge in [-0.25, -0.2) is 13.4 Å². The van der Waals surface area contributed by atoms with Crippen molar-refractivity contribution >= 4 is 21.6 Å². The number of nitrogens with one attached hydrogen (secondary N) is 1. The number of carbonyl (C=O) groups is 1. The van der Waals surface area contributed by atoms with Crippen LogP contribution in [-0.2, 0) is 24.1 Å². The van der Waals surface area contributed by atoms with Crippen molar-refractivity contribution in [3.8, 4) is 5.75 Å². The molecule has 218 valence electrons. The Balaban J connectivity index is 1.71. The van der Waals surface area contributed by atoms with Crippen LogP contribution >= 0.6 is 0 Å². The quantitative estimate of drug-likeness (QED) is 0.263. The molecule has 0 aromatic heterocycles. The molecule has 3 aromatic carbocycles. The van der Waals surface area contributed by atoms with E-state index in [4.69, 9.17) is 24.3 Å². The zero-order chi connectivity index (χ0) is 29.1. The maximum absolute atomic E-state index is 14.0. The second-order valence-corrected chi connectivity index (χ2v) is 11.8. The first-order valence-electron chi connectivity index (χ1n) is 13.6. The molecule has 1 aliphatic rings. The Morgan fingerprint density at radius 1 is 0.976 bits per heavy atom. The van der Waals surface area contributed by atoms with Crippen LogP contribution in [0.1, 0.15) is 36.5 Å². The Morgan fingerprint density at radius 2 is 1.66 bits per heavy atom. The molecule has 2 atom stereocenters. The summed E-state index contributed by atoms with van der Waals surface area (Å²) in [5.41, 5.74) is -0.207. The molecule has 0 aliphatic carbocycles. The number of aliphatic imine (C=N–C) groups is 1. The SMILES string of the molecule is COCCCNC(=O)[C@]1(CCS(=O)(=O)c2ccccc2)N=C(c2ccc(OCCCO)cc2)O[C@@H]1c1ccccc1. The van der Waals surface area contributed by atoms with Gasteiger partial charge in [-0.1, -0.05) is 48.5 Å². The molecule has 0 spiro atoms. The number of rotatable bonds is 15. The van der Waals surface area contributed by atoms with Gasteiger partial charge in [0.15, 0.2) is 21.5 Å². The van der Waals surface area contributed by atoms with E-state index in [9.17, 15) is 13.2 Å². The summed E-state index contributed by atoms with van der Waals surface area (Å²) in [4.78, 5) is 19.0. The van der Waals surface area contributed by atoms with Crippen molar-refractivity contribution in [2.75, 3.05) is 39.2 Å². The summed E-state index contributed by atoms with van der Waals surface area (Å²) in [7, 11) is -2.12. The van der Waals surface area contributed by atoms with Gasteiger partial charge in [0.2, 0.25) is 5.90 Å². The van der Waals surface area contributed by atoms with Crippen LogP contribution in [0.5, 0.6) is 5.75 Å². The topological polar surface area (TPSA) is 124 Å². The first-order valence-corrected chi connectivity index (χ1v) is 15.3. The molecule has 9 nitrogen and oxygen atoms in total. The van der Waals surface area contributed by atoms with Gasteiger partial charge in [0.05, 0.1) is 17.3 Å². The van der Waals surface area contributed by atoms with Crippen LogP contribution in [0.2, 0.25) is 0 Å². The summed E-state index contributed by atoms with van der Waals surface area (Å²) in [5, 5.41) is 11.9. The Kier molecular flexibility index (Phi) is 10.5. The van der Waals surface area contributed by atoms with Crippen molar-refractivity contribution in [1.82, 2.24) is 5.32 Å². The lowest BCUT2D eigenvalue weighted by molar-refractivity contribution is -0.129. The van der Waals surface area contributed by atoms with Crippen molar-refractivity contribution in [2.24, 2.45) is 4.99 Å². The molecule has 0 saturated carbocycles. The molecule has 1 heterocycles. The summed E-state index contributed by atoms with van der Waals surface area (Å²) in [5.74, 6) is 0.148. The van der Waals surface area contributed by atoms with E-state index >= 15 is 0 Å². The molecule has 0 fully saturated rings. The lowest BCUT2D eigenvalue weighted by Crippen LogP contribution is -2.49. The second-order valence-electron chi connectivity index (χ2n) is 9.68. The Morgan fingerprint density at radius 3 is 2.32 bits per heavy atom. The molecule has 0 radical (unpaired) electrons. The van der Waals surface area contributed by atoms with Crippen molar-refractivity contribution in [2.45, 2.75) is 35.8 Å². The van der Waals surface area contributed by atoms with Gasteiger partial charge in [-0.2, -0.15) is 0 Å². The fourth-order valence-electron chi connectivity index (χ4n) is 4.61. The highest BCUT2D eigenvalue weighted by atomic mass is 32.2. The number of hydrogen-bond acceptors (Lipinski definition) is 8. The van der Waals surface area contributed by atoms with E-state index in [-0.39, 0.29) is 29.6 Å². The number of carbonyl (C=O) groups excluding carboxylic acids is 1. The van der Waals surface area contributed by atoms with Gasteiger partial charge in [0, 0.05) is 45.3 Å². The smallest absolute Gasteiger partial charge is 0.252 e. The van der Waals surface area contributed by atoms with Crippen molar-refractivity contribution in [3.63, 3.8) is 0 Å². The van der Waals surface area contributed by atoms with Gasteiger partial charge in [-0.05, 0) is 48.4 Å². The summed E-state index contributed by atoms with van der Waals surface area (Å²) in [6.45, 7) is 1.23. The van der Waals surface area contributed by atoms with Crippen molar-refractivity contribution in [1.29, 1.82) is 0 Å². The van der Waals surface area contributed by atoms with Crippen LogP contribution < -0.4 is 10.1 Å². The number of aliphatic hydroxyl groups excluding tert-OH is 1. The van der Waals surface area contributed by atoms with Crippen LogP contribution in [0.3, 0.4) is 0 Å². The van der Waals surface area contributed by atoms with E-state index in [1.807, 2.05) is 30.3 Å². The Labute approximate surface area is 241 Å². The minimum Gasteiger partial charge on any atom is -0.494 e. The van der Waals surface area contributed by atoms with E-state index < -0.39 is 27.4 Å². The van der Waals surface area contributed by atoms with E-state index in [0.717, 1.165) is 0 Å². The fraction of sp³-hybridized carbons (Fsp3) is 0.355. The van der Waals surface area contributed by atoms with Crippen LogP contribution in [0.25, 0.3) is 0 Å². The summed E-state index contributed by atoms with van der Waals surface area (Å²) in [6.07, 6.45) is 0.162. The summed E-state index contributed by atoms with van der Waals surface area (Å²) in [6, 6.07) is 24.5. The van der Waals surface area contributed by atoms with E-state index in [2.05, 4.69) is 5.32 Å². The van der Waals surface area contributed by atoms with Gasteiger partial charge >= 0.3 is 0 Å². The van der Waals surface area contributed by atoms with Gasteiger partial charge in [-0.3, -0.25) is 4.79 Å². The molecule has 1 amide bonds. The fourth-order valence-corrected chi connectivity index (χ4v) is 5.99. The third kappa shape index (κ3) is 7.52. The third-order valence-electron chi connectivity index (χ3n) is 6.80. The monoisotopic (exact) mass is 580 g/mol. The van der Waals surface area contributed by atoms with Gasteiger partial charge in [-0.15, -0.1) is 0 Å². The molecule has 41 heavy (non-hydrogen) atoms. The first-order chi connectivity index (χ1) is 19.9. The van der Waals surface area contributed by atoms with Crippen LogP contribution in [0.4, 0.5) is 0 Å². The largest absolute Gasteiger partial charge is 0.494 e. The molecule has 3 aromatic rings. The van der Waals surface area contributed by atoms with Crippen molar-refractivity contribution in [3.05, 3.63) is 96.1 Å². The summed E-state index contributed by atoms with van der Waals surface area (Å²) >= 11 is 0. The average Bonchev–Trinajstić information content (AvgIpc) is 3.41. The molecular weight excluding hydrogens is 544 g/mol. The normalized spacial score (nSPS) is 18.4. The number of methoxy groups -OCH3 is 1. The lowest BCUT2D eigenvalue weighted by atomic mass is 9.85. The second kappa shape index (κ2) is 14.2. The van der Waals surface area contributed by atoms with Crippen LogP contribution in [-0.4, -0.2) is 70.1 Å². The van der Waals surface area contributed by atoms with Crippen LogP contribution in [0, 0.1) is 0 Å². The zero-order valence-corrected chi connectivity index (χ0v) is 23.9. The highest BCUT2D eigenvalue weighted by Gasteiger charge is 2.53. The molecule has 1 aliphatic heterocycles. The molecular formula is C31H36N2O7S. The first kappa shape index (κ1) is 30.2. The highest BCUT2D eigenvalue weighted by molar-refractivity contribution is 7.91. The van der Waals surface area contributed by atoms with Gasteiger partial charge < -0.3 is 24.6 Å². The highest BCUT2D eigenvalue weighted by Crippen LogP contribution is 2.43. The number of aliphatic hydroxyl groups is 1. The molecule has 2 N–H and O–H groups in total. The maximum Gasteiger partial charge on any atom is 0.252 e. The van der Waals surface area contributed by atoms with E-state index in [0.29, 0.717) is 49.5 Å². The average molecular weight is 581 g/mol. The number of hydrogen-bond donors (Lipinski definition) is 2. The maximum atomic E-state index is 14.0. The Hall–Kier alpha value is -3.73. The van der Waals surface area contributed by atoms with Gasteiger partial charge in [0.25, 0.3) is 5.91 Å². The number of sulfone groups is 1. The molecule has 0 unspecified atom stereocenters. The Bertz CT molecular complexity index is 1400. The molecule has 0 bridgehead atoms. The zero-order valence-electron chi connectivity index (χ0n) is 23.1. The molecule has 10 heteroatoms. The number of amides is 1. The van der Waals surface area contributed by atoms with E-state index in [1.54, 1.807) is 61.7 Å². The third-order valence-corrected chi connectivity index (χ3v) is 8.53. The van der Waals surface area contributed by atoms with Gasteiger partial charge in [0.1, 0.15) is 5.75 Å². The predicted molar refractivity (Wildman–Crippen MR) is 156 cm³/mol. The van der Waals surface area contributed by atoms with Crippen molar-refractivity contribution < 1.29 is 32.5 Å². The standard InChI is InChI=1S/C31H36N2O7S/c1-38-21-8-19-32-30(35)31(18-23-41(36,37)27-12-6-3-7-13-27)28(24-10-4-2-5-11-24)40-29(33-31)25-14-16-26(17-15-25)39-22-9-20-34/h2-7,10-17,28,34H,8-9,18-23H2,1H3,(H,32,35)/t28-,31-/m1/s1. The number of nitrogens with zero attached hydrogens (tertiary/aromatic N) is 1. The number of ether oxygens (including phenoxy) is 3. The minimum absolute atomic E-state index is 0.0409. The molecule has 0 saturated heterocycles. The minimum atomic E-state index is -3.71. The number of benzene rings is 3. The van der Waals surface area contributed by atoms with Crippen LogP contribution in [0.15, 0.2) is 94.8 Å². The van der Waals surface area contributed by atoms with E-state index in [1.165, 1.54) is 0 Å².